The molecule has 0 aliphatic heterocycles. The van der Waals surface area contributed by atoms with Crippen LogP contribution in [0.1, 0.15) is 5.56 Å². The zero-order chi connectivity index (χ0) is 13.0. The number of hydrogen-bond acceptors (Lipinski definition) is 2. The Hall–Kier alpha value is -2.29. The molecule has 3 heteroatoms. The van der Waals surface area contributed by atoms with Crippen molar-refractivity contribution in [3.63, 3.8) is 0 Å². The van der Waals surface area contributed by atoms with Gasteiger partial charge in [0.25, 0.3) is 0 Å². The standard InChI is InChI=1S/C15H15NO2/c1-12-7-6-8-13(11-12)16(2)15(17)18-14-9-4-3-5-10-14/h3-11H,1-2H3. The molecule has 0 heterocycles. The molecule has 0 unspecified atom stereocenters. The van der Waals surface area contributed by atoms with Gasteiger partial charge in [-0.05, 0) is 36.8 Å². The van der Waals surface area contributed by atoms with Gasteiger partial charge >= 0.3 is 6.09 Å². The highest BCUT2D eigenvalue weighted by molar-refractivity contribution is 5.88. The van der Waals surface area contributed by atoms with Gasteiger partial charge in [0.15, 0.2) is 0 Å². The van der Waals surface area contributed by atoms with Gasteiger partial charge in [0.05, 0.1) is 0 Å². The van der Waals surface area contributed by atoms with E-state index < -0.39 is 6.09 Å². The Morgan fingerprint density at radius 1 is 1.06 bits per heavy atom. The van der Waals surface area contributed by atoms with Crippen LogP contribution in [0.3, 0.4) is 0 Å². The van der Waals surface area contributed by atoms with Gasteiger partial charge in [0.1, 0.15) is 5.75 Å². The minimum Gasteiger partial charge on any atom is -0.410 e. The number of ether oxygens (including phenoxy) is 1. The summed E-state index contributed by atoms with van der Waals surface area (Å²) in [4.78, 5) is 13.4. The van der Waals surface area contributed by atoms with Crippen molar-refractivity contribution in [1.29, 1.82) is 0 Å². The monoisotopic (exact) mass is 241 g/mol. The first-order valence-electron chi connectivity index (χ1n) is 5.74. The third kappa shape index (κ3) is 2.88. The Kier molecular flexibility index (Phi) is 3.63. The Morgan fingerprint density at radius 3 is 2.44 bits per heavy atom. The zero-order valence-electron chi connectivity index (χ0n) is 10.5. The molecule has 0 radical (unpaired) electrons. The molecule has 0 saturated carbocycles. The predicted octanol–water partition coefficient (Wildman–Crippen LogP) is 3.63. The second-order valence-corrected chi connectivity index (χ2v) is 4.08. The van der Waals surface area contributed by atoms with Crippen molar-refractivity contribution in [2.45, 2.75) is 6.92 Å². The number of carbonyl (C=O) groups excluding carboxylic acids is 1. The molecule has 1 amide bonds. The Morgan fingerprint density at radius 2 is 1.78 bits per heavy atom. The molecule has 18 heavy (non-hydrogen) atoms. The zero-order valence-corrected chi connectivity index (χ0v) is 10.5. The van der Waals surface area contributed by atoms with Gasteiger partial charge < -0.3 is 4.74 Å². The van der Waals surface area contributed by atoms with Crippen molar-refractivity contribution < 1.29 is 9.53 Å². The molecule has 0 N–H and O–H groups in total. The molecular formula is C15H15NO2. The van der Waals surface area contributed by atoms with Crippen LogP contribution in [0.25, 0.3) is 0 Å². The van der Waals surface area contributed by atoms with E-state index in [4.69, 9.17) is 4.74 Å². The lowest BCUT2D eigenvalue weighted by atomic mass is 10.2. The Labute approximate surface area is 107 Å². The number of para-hydroxylation sites is 1. The van der Waals surface area contributed by atoms with Gasteiger partial charge in [0.2, 0.25) is 0 Å². The van der Waals surface area contributed by atoms with Gasteiger partial charge in [-0.15, -0.1) is 0 Å². The van der Waals surface area contributed by atoms with Gasteiger partial charge in [-0.1, -0.05) is 30.3 Å². The lowest BCUT2D eigenvalue weighted by Gasteiger charge is -2.17. The Balaban J connectivity index is 2.10. The van der Waals surface area contributed by atoms with Crippen LogP contribution in [0.4, 0.5) is 10.5 Å². The van der Waals surface area contributed by atoms with Crippen LogP contribution in [0.5, 0.6) is 5.75 Å². The van der Waals surface area contributed by atoms with Crippen LogP contribution in [0.15, 0.2) is 54.6 Å². The number of amides is 1. The van der Waals surface area contributed by atoms with Crippen LogP contribution in [-0.4, -0.2) is 13.1 Å². The predicted molar refractivity (Wildman–Crippen MR) is 72.0 cm³/mol. The van der Waals surface area contributed by atoms with Gasteiger partial charge in [-0.3, -0.25) is 4.90 Å². The molecule has 0 aromatic heterocycles. The maximum absolute atomic E-state index is 11.9. The molecule has 0 atom stereocenters. The minimum atomic E-state index is -0.396. The molecule has 0 bridgehead atoms. The molecule has 2 rings (SSSR count). The normalized spacial score (nSPS) is 9.89. The second kappa shape index (κ2) is 5.36. The molecule has 2 aromatic rings. The lowest BCUT2D eigenvalue weighted by Crippen LogP contribution is -2.29. The first-order valence-corrected chi connectivity index (χ1v) is 5.74. The molecule has 0 aliphatic carbocycles. The maximum Gasteiger partial charge on any atom is 0.419 e. The minimum absolute atomic E-state index is 0.396. The molecule has 2 aromatic carbocycles. The summed E-state index contributed by atoms with van der Waals surface area (Å²) in [7, 11) is 1.69. The van der Waals surface area contributed by atoms with E-state index in [2.05, 4.69) is 0 Å². The summed E-state index contributed by atoms with van der Waals surface area (Å²) < 4.78 is 5.26. The molecule has 0 spiro atoms. The summed E-state index contributed by atoms with van der Waals surface area (Å²) in [5.41, 5.74) is 1.92. The number of rotatable bonds is 2. The van der Waals surface area contributed by atoms with Gasteiger partial charge in [-0.25, -0.2) is 4.79 Å². The third-order valence-electron chi connectivity index (χ3n) is 2.61. The fourth-order valence-corrected chi connectivity index (χ4v) is 1.60. The highest BCUT2D eigenvalue weighted by atomic mass is 16.6. The number of benzene rings is 2. The van der Waals surface area contributed by atoms with Crippen molar-refractivity contribution in [3.8, 4) is 5.75 Å². The van der Waals surface area contributed by atoms with Crippen molar-refractivity contribution in [2.75, 3.05) is 11.9 Å². The first-order chi connectivity index (χ1) is 8.66. The number of hydrogen-bond donors (Lipinski definition) is 0. The summed E-state index contributed by atoms with van der Waals surface area (Å²) in [6, 6.07) is 16.7. The number of nitrogens with zero attached hydrogens (tertiary/aromatic N) is 1. The summed E-state index contributed by atoms with van der Waals surface area (Å²) in [6.45, 7) is 1.99. The van der Waals surface area contributed by atoms with Crippen LogP contribution >= 0.6 is 0 Å². The molecule has 3 nitrogen and oxygen atoms in total. The summed E-state index contributed by atoms with van der Waals surface area (Å²) in [5.74, 6) is 0.544. The van der Waals surface area contributed by atoms with Crippen molar-refractivity contribution in [1.82, 2.24) is 0 Å². The van der Waals surface area contributed by atoms with E-state index in [1.807, 2.05) is 49.4 Å². The summed E-state index contributed by atoms with van der Waals surface area (Å²) in [6.07, 6.45) is -0.396. The number of carbonyl (C=O) groups is 1. The van der Waals surface area contributed by atoms with Crippen molar-refractivity contribution in [3.05, 3.63) is 60.2 Å². The molecule has 0 saturated heterocycles. The quantitative estimate of drug-likeness (QED) is 0.803. The molecular weight excluding hydrogens is 226 g/mol. The first kappa shape index (κ1) is 12.2. The van der Waals surface area contributed by atoms with E-state index >= 15 is 0 Å². The smallest absolute Gasteiger partial charge is 0.410 e. The van der Waals surface area contributed by atoms with Crippen LogP contribution in [-0.2, 0) is 0 Å². The topological polar surface area (TPSA) is 29.5 Å². The Bertz CT molecular complexity index is 537. The summed E-state index contributed by atoms with van der Waals surface area (Å²) >= 11 is 0. The van der Waals surface area contributed by atoms with Gasteiger partial charge in [-0.2, -0.15) is 0 Å². The van der Waals surface area contributed by atoms with Crippen molar-refractivity contribution in [2.24, 2.45) is 0 Å². The molecule has 92 valence electrons. The van der Waals surface area contributed by atoms with E-state index in [1.54, 1.807) is 19.2 Å². The third-order valence-corrected chi connectivity index (χ3v) is 2.61. The van der Waals surface area contributed by atoms with E-state index in [9.17, 15) is 4.79 Å². The SMILES string of the molecule is Cc1cccc(N(C)C(=O)Oc2ccccc2)c1. The maximum atomic E-state index is 11.9. The van der Waals surface area contributed by atoms with E-state index in [1.165, 1.54) is 4.90 Å². The lowest BCUT2D eigenvalue weighted by molar-refractivity contribution is 0.209. The average molecular weight is 241 g/mol. The highest BCUT2D eigenvalue weighted by Gasteiger charge is 2.12. The fraction of sp³-hybridized carbons (Fsp3) is 0.133. The molecule has 0 aliphatic rings. The largest absolute Gasteiger partial charge is 0.419 e. The van der Waals surface area contributed by atoms with Crippen LogP contribution in [0.2, 0.25) is 0 Å². The highest BCUT2D eigenvalue weighted by Crippen LogP contribution is 2.17. The van der Waals surface area contributed by atoms with E-state index in [0.717, 1.165) is 11.3 Å². The van der Waals surface area contributed by atoms with Gasteiger partial charge in [0, 0.05) is 12.7 Å². The van der Waals surface area contributed by atoms with Crippen LogP contribution < -0.4 is 9.64 Å². The molecule has 0 fully saturated rings. The van der Waals surface area contributed by atoms with E-state index in [0.29, 0.717) is 5.75 Å². The van der Waals surface area contributed by atoms with Crippen LogP contribution in [0, 0.1) is 6.92 Å². The number of aryl methyl sites for hydroxylation is 1. The van der Waals surface area contributed by atoms with E-state index in [-0.39, 0.29) is 0 Å². The fourth-order valence-electron chi connectivity index (χ4n) is 1.60. The summed E-state index contributed by atoms with van der Waals surface area (Å²) in [5, 5.41) is 0. The second-order valence-electron chi connectivity index (χ2n) is 4.08. The average Bonchev–Trinajstić information content (AvgIpc) is 2.39. The number of anilines is 1. The van der Waals surface area contributed by atoms with Crippen molar-refractivity contribution >= 4 is 11.8 Å².